The van der Waals surface area contributed by atoms with E-state index in [2.05, 4.69) is 0 Å². The van der Waals surface area contributed by atoms with Gasteiger partial charge >= 0.3 is 6.18 Å². The molecule has 0 radical (unpaired) electrons. The maximum absolute atomic E-state index is 12.5. The lowest BCUT2D eigenvalue weighted by atomic mass is 10.1. The Morgan fingerprint density at radius 3 is 2.24 bits per heavy atom. The predicted molar refractivity (Wildman–Crippen MR) is 57.4 cm³/mol. The number of anilines is 1. The van der Waals surface area contributed by atoms with E-state index in [0.29, 0.717) is 6.07 Å². The Bertz CT molecular complexity index is 460. The zero-order chi connectivity index (χ0) is 13.4. The third-order valence-electron chi connectivity index (χ3n) is 2.05. The molecule has 0 unspecified atom stereocenters. The molecule has 17 heavy (non-hydrogen) atoms. The molecule has 0 N–H and O–H groups in total. The minimum absolute atomic E-state index is 0.0213. The summed E-state index contributed by atoms with van der Waals surface area (Å²) in [5, 5.41) is 10.1. The fourth-order valence-electron chi connectivity index (χ4n) is 1.27. The number of hydrogen-bond acceptors (Lipinski definition) is 3. The van der Waals surface area contributed by atoms with Crippen molar-refractivity contribution < 1.29 is 18.1 Å². The molecule has 0 heterocycles. The molecule has 0 aliphatic carbocycles. The summed E-state index contributed by atoms with van der Waals surface area (Å²) in [5.41, 5.74) is -1.82. The summed E-state index contributed by atoms with van der Waals surface area (Å²) in [5.74, 6) is 0. The van der Waals surface area contributed by atoms with E-state index in [1.54, 1.807) is 0 Å². The molecule has 1 aromatic carbocycles. The van der Waals surface area contributed by atoms with Crippen molar-refractivity contribution in [1.29, 1.82) is 0 Å². The molecule has 1 aromatic rings. The Morgan fingerprint density at radius 1 is 1.35 bits per heavy atom. The SMILES string of the molecule is CN(C)c1cc(Cl)c(C(F)(F)F)cc1[N+](=O)[O-]. The second kappa shape index (κ2) is 4.40. The minimum atomic E-state index is -4.72. The molecule has 0 saturated heterocycles. The average Bonchev–Trinajstić information content (AvgIpc) is 2.14. The van der Waals surface area contributed by atoms with Crippen LogP contribution in [0.4, 0.5) is 24.5 Å². The molecule has 0 aliphatic heterocycles. The fourth-order valence-corrected chi connectivity index (χ4v) is 1.54. The maximum Gasteiger partial charge on any atom is 0.418 e. The van der Waals surface area contributed by atoms with E-state index in [0.717, 1.165) is 6.07 Å². The van der Waals surface area contributed by atoms with Crippen molar-refractivity contribution in [3.63, 3.8) is 0 Å². The van der Waals surface area contributed by atoms with Gasteiger partial charge in [-0.3, -0.25) is 10.1 Å². The van der Waals surface area contributed by atoms with Crippen molar-refractivity contribution in [1.82, 2.24) is 0 Å². The first-order valence-electron chi connectivity index (χ1n) is 4.37. The van der Waals surface area contributed by atoms with Crippen molar-refractivity contribution in [3.05, 3.63) is 32.8 Å². The zero-order valence-electron chi connectivity index (χ0n) is 8.88. The van der Waals surface area contributed by atoms with Crippen LogP contribution in [0.3, 0.4) is 0 Å². The standard InChI is InChI=1S/C9H8ClF3N2O2/c1-14(2)7-4-6(10)5(9(11,12)13)3-8(7)15(16)17/h3-4H,1-2H3. The number of benzene rings is 1. The van der Waals surface area contributed by atoms with Crippen LogP contribution in [0.15, 0.2) is 12.1 Å². The summed E-state index contributed by atoms with van der Waals surface area (Å²) < 4.78 is 37.5. The quantitative estimate of drug-likeness (QED) is 0.610. The van der Waals surface area contributed by atoms with Gasteiger partial charge in [0.1, 0.15) is 5.69 Å². The topological polar surface area (TPSA) is 46.4 Å². The van der Waals surface area contributed by atoms with Crippen LogP contribution in [0.1, 0.15) is 5.56 Å². The molecule has 0 fully saturated rings. The molecule has 8 heteroatoms. The van der Waals surface area contributed by atoms with Gasteiger partial charge in [0.25, 0.3) is 5.69 Å². The van der Waals surface area contributed by atoms with Crippen molar-refractivity contribution in [2.75, 3.05) is 19.0 Å². The minimum Gasteiger partial charge on any atom is -0.372 e. The van der Waals surface area contributed by atoms with Crippen LogP contribution >= 0.6 is 11.6 Å². The predicted octanol–water partition coefficient (Wildman–Crippen LogP) is 3.33. The highest BCUT2D eigenvalue weighted by Crippen LogP contribution is 2.40. The molecular formula is C9H8ClF3N2O2. The highest BCUT2D eigenvalue weighted by Gasteiger charge is 2.36. The van der Waals surface area contributed by atoms with E-state index >= 15 is 0 Å². The maximum atomic E-state index is 12.5. The van der Waals surface area contributed by atoms with E-state index in [-0.39, 0.29) is 5.69 Å². The fraction of sp³-hybridized carbons (Fsp3) is 0.333. The number of alkyl halides is 3. The van der Waals surface area contributed by atoms with Crippen molar-refractivity contribution in [2.24, 2.45) is 0 Å². The third-order valence-corrected chi connectivity index (χ3v) is 2.36. The molecule has 94 valence electrons. The molecule has 0 bridgehead atoms. The van der Waals surface area contributed by atoms with Gasteiger partial charge in [-0.25, -0.2) is 0 Å². The van der Waals surface area contributed by atoms with Gasteiger partial charge in [0.15, 0.2) is 0 Å². The highest BCUT2D eigenvalue weighted by molar-refractivity contribution is 6.31. The van der Waals surface area contributed by atoms with Crippen LogP contribution in [-0.2, 0) is 6.18 Å². The van der Waals surface area contributed by atoms with Crippen molar-refractivity contribution in [3.8, 4) is 0 Å². The molecule has 0 saturated carbocycles. The lowest BCUT2D eigenvalue weighted by Crippen LogP contribution is -2.13. The zero-order valence-corrected chi connectivity index (χ0v) is 9.63. The van der Waals surface area contributed by atoms with Gasteiger partial charge in [0.2, 0.25) is 0 Å². The van der Waals surface area contributed by atoms with Gasteiger partial charge in [-0.05, 0) is 6.07 Å². The monoisotopic (exact) mass is 268 g/mol. The van der Waals surface area contributed by atoms with E-state index in [1.165, 1.54) is 19.0 Å². The summed E-state index contributed by atoms with van der Waals surface area (Å²) in [4.78, 5) is 11.1. The Labute approximate surface area is 99.7 Å². The lowest BCUT2D eigenvalue weighted by molar-refractivity contribution is -0.384. The van der Waals surface area contributed by atoms with E-state index < -0.39 is 27.4 Å². The summed E-state index contributed by atoms with van der Waals surface area (Å²) >= 11 is 5.47. The summed E-state index contributed by atoms with van der Waals surface area (Å²) in [6, 6.07) is 1.38. The molecular weight excluding hydrogens is 261 g/mol. The number of hydrogen-bond donors (Lipinski definition) is 0. The Hall–Kier alpha value is -1.50. The second-order valence-electron chi connectivity index (χ2n) is 3.47. The molecule has 0 spiro atoms. The van der Waals surface area contributed by atoms with E-state index in [4.69, 9.17) is 11.6 Å². The van der Waals surface area contributed by atoms with Crippen LogP contribution in [0, 0.1) is 10.1 Å². The molecule has 4 nitrogen and oxygen atoms in total. The van der Waals surface area contributed by atoms with Crippen LogP contribution in [0.25, 0.3) is 0 Å². The van der Waals surface area contributed by atoms with Gasteiger partial charge in [0, 0.05) is 20.2 Å². The van der Waals surface area contributed by atoms with Gasteiger partial charge in [0.05, 0.1) is 15.5 Å². The van der Waals surface area contributed by atoms with Crippen molar-refractivity contribution in [2.45, 2.75) is 6.18 Å². The number of nitrogens with zero attached hydrogens (tertiary/aromatic N) is 2. The molecule has 0 amide bonds. The molecule has 1 rings (SSSR count). The molecule has 0 aliphatic rings. The first-order valence-corrected chi connectivity index (χ1v) is 4.75. The Morgan fingerprint density at radius 2 is 1.88 bits per heavy atom. The Balaban J connectivity index is 3.51. The first-order chi connectivity index (χ1) is 7.64. The van der Waals surface area contributed by atoms with Crippen molar-refractivity contribution >= 4 is 23.0 Å². The number of nitro groups is 1. The lowest BCUT2D eigenvalue weighted by Gasteiger charge is -2.15. The van der Waals surface area contributed by atoms with E-state index in [9.17, 15) is 23.3 Å². The van der Waals surface area contributed by atoms with Gasteiger partial charge < -0.3 is 4.90 Å². The largest absolute Gasteiger partial charge is 0.418 e. The highest BCUT2D eigenvalue weighted by atomic mass is 35.5. The number of rotatable bonds is 2. The molecule has 0 aromatic heterocycles. The number of nitro benzene ring substituents is 1. The average molecular weight is 269 g/mol. The Kier molecular flexibility index (Phi) is 3.51. The van der Waals surface area contributed by atoms with Crippen LogP contribution < -0.4 is 4.90 Å². The van der Waals surface area contributed by atoms with Crippen LogP contribution in [-0.4, -0.2) is 19.0 Å². The first kappa shape index (κ1) is 13.6. The summed E-state index contributed by atoms with van der Waals surface area (Å²) in [6.45, 7) is 0. The number of halogens is 4. The smallest absolute Gasteiger partial charge is 0.372 e. The summed E-state index contributed by atoms with van der Waals surface area (Å²) in [7, 11) is 2.96. The second-order valence-corrected chi connectivity index (χ2v) is 3.88. The van der Waals surface area contributed by atoms with Gasteiger partial charge in [-0.15, -0.1) is 0 Å². The normalized spacial score (nSPS) is 11.4. The van der Waals surface area contributed by atoms with E-state index in [1.807, 2.05) is 0 Å². The van der Waals surface area contributed by atoms with Gasteiger partial charge in [-0.2, -0.15) is 13.2 Å². The summed E-state index contributed by atoms with van der Waals surface area (Å²) in [6.07, 6.45) is -4.72. The van der Waals surface area contributed by atoms with Crippen LogP contribution in [0.2, 0.25) is 5.02 Å². The third kappa shape index (κ3) is 2.79. The van der Waals surface area contributed by atoms with Gasteiger partial charge in [-0.1, -0.05) is 11.6 Å². The molecule has 0 atom stereocenters. The van der Waals surface area contributed by atoms with Crippen LogP contribution in [0.5, 0.6) is 0 Å².